The van der Waals surface area contributed by atoms with Crippen LogP contribution in [0.2, 0.25) is 0 Å². The molecule has 1 aromatic carbocycles. The van der Waals surface area contributed by atoms with Crippen LogP contribution < -0.4 is 21.1 Å². The molecule has 1 saturated heterocycles. The minimum atomic E-state index is -1.91. The second-order valence-corrected chi connectivity index (χ2v) is 8.42. The molecule has 39 heavy (non-hydrogen) atoms. The number of carbonyl (C=O) groups excluding carboxylic acids is 2. The number of anilines is 1. The number of nitrogens with one attached hydrogen (secondary N) is 2. The van der Waals surface area contributed by atoms with Crippen molar-refractivity contribution in [3.8, 4) is 18.1 Å². The minimum absolute atomic E-state index is 0.0959. The van der Waals surface area contributed by atoms with Gasteiger partial charge in [-0.1, -0.05) is 20.3 Å². The maximum atomic E-state index is 13.7. The Kier molecular flexibility index (Phi) is 15.0. The number of carboxylic acids is 1. The van der Waals surface area contributed by atoms with Crippen LogP contribution in [0.5, 0.6) is 5.75 Å². The zero-order valence-corrected chi connectivity index (χ0v) is 22.0. The first-order valence-corrected chi connectivity index (χ1v) is 12.6. The number of rotatable bonds is 13. The molecular formula is C26H38FN3O9. The third-order valence-corrected chi connectivity index (χ3v) is 5.64. The highest BCUT2D eigenvalue weighted by atomic mass is 19.1. The van der Waals surface area contributed by atoms with Crippen molar-refractivity contribution >= 4 is 23.5 Å². The normalized spacial score (nSPS) is 22.9. The molecule has 0 saturated carbocycles. The number of halogens is 1. The lowest BCUT2D eigenvalue weighted by atomic mass is 9.99. The van der Waals surface area contributed by atoms with Gasteiger partial charge in [0.15, 0.2) is 6.10 Å². The molecule has 1 fully saturated rings. The van der Waals surface area contributed by atoms with Crippen molar-refractivity contribution in [2.24, 2.45) is 5.73 Å². The van der Waals surface area contributed by atoms with E-state index in [-0.39, 0.29) is 35.9 Å². The number of hydrogen-bond acceptors (Lipinski definition) is 9. The summed E-state index contributed by atoms with van der Waals surface area (Å²) in [6, 6.07) is 2.76. The summed E-state index contributed by atoms with van der Waals surface area (Å²) >= 11 is 0. The third kappa shape index (κ3) is 10.1. The summed E-state index contributed by atoms with van der Waals surface area (Å²) in [5.41, 5.74) is 5.68. The predicted molar refractivity (Wildman–Crippen MR) is 139 cm³/mol. The lowest BCUT2D eigenvalue weighted by molar-refractivity contribution is -0.271. The summed E-state index contributed by atoms with van der Waals surface area (Å²) in [5, 5.41) is 44.0. The number of unbranched alkanes of at least 4 members (excludes halogenated alkanes) is 3. The van der Waals surface area contributed by atoms with Crippen LogP contribution in [0.3, 0.4) is 0 Å². The molecule has 2 amide bonds. The van der Waals surface area contributed by atoms with Gasteiger partial charge < -0.3 is 46.3 Å². The number of carboxylic acid groups (broad SMARTS) is 1. The molecule has 12 nitrogen and oxygen atoms in total. The van der Waals surface area contributed by atoms with Crippen LogP contribution in [-0.2, 0) is 25.8 Å². The number of amides is 2. The number of terminal acetylenes is 1. The predicted octanol–water partition coefficient (Wildman–Crippen LogP) is 0.419. The van der Waals surface area contributed by atoms with E-state index in [0.29, 0.717) is 12.8 Å². The van der Waals surface area contributed by atoms with Crippen LogP contribution in [0.15, 0.2) is 18.2 Å². The first kappa shape index (κ1) is 33.7. The maximum absolute atomic E-state index is 13.7. The summed E-state index contributed by atoms with van der Waals surface area (Å²) in [6.07, 6.45) is -1.05. The van der Waals surface area contributed by atoms with Crippen LogP contribution in [0.25, 0.3) is 0 Å². The summed E-state index contributed by atoms with van der Waals surface area (Å²) in [6.45, 7) is 2.74. The van der Waals surface area contributed by atoms with E-state index in [1.807, 2.05) is 13.8 Å². The molecule has 0 aromatic heterocycles. The van der Waals surface area contributed by atoms with Crippen LogP contribution in [0, 0.1) is 12.3 Å². The Hall–Kier alpha value is -3.28. The van der Waals surface area contributed by atoms with E-state index in [2.05, 4.69) is 16.6 Å². The first-order chi connectivity index (χ1) is 18.6. The van der Waals surface area contributed by atoms with Crippen LogP contribution in [-0.4, -0.2) is 81.5 Å². The molecule has 2 rings (SSSR count). The number of hydrogen-bond donors (Lipinski definition) is 7. The highest BCUT2D eigenvalue weighted by Crippen LogP contribution is 2.29. The number of aliphatic carboxylic acids is 1. The van der Waals surface area contributed by atoms with Gasteiger partial charge in [0.2, 0.25) is 18.1 Å². The highest BCUT2D eigenvalue weighted by molar-refractivity contribution is 5.97. The third-order valence-electron chi connectivity index (χ3n) is 5.64. The summed E-state index contributed by atoms with van der Waals surface area (Å²) < 4.78 is 24.1. The molecule has 1 aromatic rings. The van der Waals surface area contributed by atoms with E-state index in [1.165, 1.54) is 18.2 Å². The van der Waals surface area contributed by atoms with Crippen molar-refractivity contribution in [2.75, 3.05) is 11.9 Å². The van der Waals surface area contributed by atoms with E-state index < -0.39 is 55.3 Å². The number of ether oxygens (including phenoxy) is 2. The van der Waals surface area contributed by atoms with Crippen molar-refractivity contribution in [1.82, 2.24) is 5.32 Å². The topological polar surface area (TPSA) is 201 Å². The lowest BCUT2D eigenvalue weighted by Gasteiger charge is -2.38. The Balaban J connectivity index is 0.00000371. The van der Waals surface area contributed by atoms with E-state index >= 15 is 0 Å². The van der Waals surface area contributed by atoms with Gasteiger partial charge in [-0.05, 0) is 31.0 Å². The molecule has 218 valence electrons. The number of benzene rings is 1. The smallest absolute Gasteiger partial charge is 0.335 e. The lowest BCUT2D eigenvalue weighted by Crippen LogP contribution is -2.61. The van der Waals surface area contributed by atoms with E-state index in [9.17, 15) is 34.1 Å². The molecule has 1 aliphatic heterocycles. The van der Waals surface area contributed by atoms with Gasteiger partial charge in [0.05, 0.1) is 0 Å². The van der Waals surface area contributed by atoms with Crippen LogP contribution in [0.4, 0.5) is 10.1 Å². The van der Waals surface area contributed by atoms with Gasteiger partial charge >= 0.3 is 5.97 Å². The largest absolute Gasteiger partial charge is 0.479 e. The van der Waals surface area contributed by atoms with Crippen molar-refractivity contribution in [2.45, 2.75) is 89.4 Å². The fraction of sp³-hybridized carbons (Fsp3) is 0.577. The molecule has 0 radical (unpaired) electrons. The SMILES string of the molecule is C#CCCCCCC(=O)NC(CN)C(=O)Nc1ccc(OC2OC(C(=O)O)C(O)C(O)C2O)c(CF)c1.CC. The van der Waals surface area contributed by atoms with Crippen molar-refractivity contribution < 1.29 is 48.7 Å². The van der Waals surface area contributed by atoms with Crippen molar-refractivity contribution in [1.29, 1.82) is 0 Å². The average molecular weight is 556 g/mol. The van der Waals surface area contributed by atoms with Gasteiger partial charge in [0.1, 0.15) is 36.8 Å². The van der Waals surface area contributed by atoms with E-state index in [0.717, 1.165) is 12.8 Å². The summed E-state index contributed by atoms with van der Waals surface area (Å²) in [7, 11) is 0. The quantitative estimate of drug-likeness (QED) is 0.132. The highest BCUT2D eigenvalue weighted by Gasteiger charge is 2.48. The van der Waals surface area contributed by atoms with Gasteiger partial charge in [-0.3, -0.25) is 9.59 Å². The number of alkyl halides is 1. The van der Waals surface area contributed by atoms with Gasteiger partial charge in [0, 0.05) is 30.6 Å². The second-order valence-electron chi connectivity index (χ2n) is 8.42. The molecule has 0 spiro atoms. The minimum Gasteiger partial charge on any atom is -0.479 e. The van der Waals surface area contributed by atoms with Gasteiger partial charge in [0.25, 0.3) is 0 Å². The molecule has 0 aliphatic carbocycles. The van der Waals surface area contributed by atoms with Gasteiger partial charge in [-0.25, -0.2) is 9.18 Å². The second kappa shape index (κ2) is 17.3. The Bertz CT molecular complexity index is 988. The molecule has 13 heteroatoms. The maximum Gasteiger partial charge on any atom is 0.335 e. The van der Waals surface area contributed by atoms with Gasteiger partial charge in [-0.15, -0.1) is 12.3 Å². The number of carbonyl (C=O) groups is 3. The first-order valence-electron chi connectivity index (χ1n) is 12.6. The molecule has 6 atom stereocenters. The Morgan fingerprint density at radius 1 is 1.15 bits per heavy atom. The summed E-state index contributed by atoms with van der Waals surface area (Å²) in [5.74, 6) is -0.218. The molecule has 1 heterocycles. The van der Waals surface area contributed by atoms with Crippen LogP contribution >= 0.6 is 0 Å². The number of aliphatic hydroxyl groups excluding tert-OH is 3. The van der Waals surface area contributed by atoms with Crippen molar-refractivity contribution in [3.05, 3.63) is 23.8 Å². The fourth-order valence-electron chi connectivity index (χ4n) is 3.57. The standard InChI is InChI=1S/C24H32FN3O9.C2H6/c1-2-3-4-5-6-7-17(29)28-15(12-26)22(33)27-14-8-9-16(13(10-14)11-25)36-24-20(32)18(30)19(31)21(37-24)23(34)35;1-2/h1,8-10,15,18-21,24,30-32H,3-7,11-12,26H2,(H,27,33)(H,28,29)(H,34,35);1-2H3. The average Bonchev–Trinajstić information content (AvgIpc) is 2.93. The Morgan fingerprint density at radius 3 is 2.44 bits per heavy atom. The Morgan fingerprint density at radius 2 is 1.85 bits per heavy atom. The zero-order valence-electron chi connectivity index (χ0n) is 22.0. The molecule has 8 N–H and O–H groups in total. The van der Waals surface area contributed by atoms with E-state index in [1.54, 1.807) is 0 Å². The molecular weight excluding hydrogens is 517 g/mol. The Labute approximate surface area is 226 Å². The molecule has 6 unspecified atom stereocenters. The fourth-order valence-corrected chi connectivity index (χ4v) is 3.57. The monoisotopic (exact) mass is 555 g/mol. The number of aliphatic hydroxyl groups is 3. The summed E-state index contributed by atoms with van der Waals surface area (Å²) in [4.78, 5) is 36.0. The molecule has 1 aliphatic rings. The zero-order chi connectivity index (χ0) is 29.5. The van der Waals surface area contributed by atoms with Gasteiger partial charge in [-0.2, -0.15) is 0 Å². The van der Waals surface area contributed by atoms with Crippen LogP contribution in [0.1, 0.15) is 51.5 Å². The van der Waals surface area contributed by atoms with E-state index in [4.69, 9.17) is 26.7 Å². The molecule has 0 bridgehead atoms. The van der Waals surface area contributed by atoms with Crippen molar-refractivity contribution in [3.63, 3.8) is 0 Å². The number of nitrogens with two attached hydrogens (primary N) is 1.